The Morgan fingerprint density at radius 2 is 1.87 bits per heavy atom. The van der Waals surface area contributed by atoms with E-state index in [0.717, 1.165) is 25.9 Å². The SMILES string of the molecule is Cc1ccc(C(CNC(=O)NC2CCN(C)CC2)N(C)C)cc1. The Morgan fingerprint density at radius 1 is 1.26 bits per heavy atom. The zero-order valence-electron chi connectivity index (χ0n) is 14.8. The lowest BCUT2D eigenvalue weighted by Crippen LogP contribution is -2.48. The summed E-state index contributed by atoms with van der Waals surface area (Å²) >= 11 is 0. The summed E-state index contributed by atoms with van der Waals surface area (Å²) in [6, 6.07) is 8.92. The number of nitrogens with one attached hydrogen (secondary N) is 2. The van der Waals surface area contributed by atoms with Gasteiger partial charge in [0.25, 0.3) is 0 Å². The largest absolute Gasteiger partial charge is 0.336 e. The van der Waals surface area contributed by atoms with Crippen molar-refractivity contribution in [2.45, 2.75) is 31.8 Å². The predicted octanol–water partition coefficient (Wildman–Crippen LogP) is 1.99. The van der Waals surface area contributed by atoms with E-state index in [4.69, 9.17) is 0 Å². The quantitative estimate of drug-likeness (QED) is 0.873. The van der Waals surface area contributed by atoms with E-state index in [1.807, 2.05) is 14.1 Å². The summed E-state index contributed by atoms with van der Waals surface area (Å²) in [5.41, 5.74) is 2.47. The number of benzene rings is 1. The minimum atomic E-state index is -0.0569. The molecule has 5 heteroatoms. The van der Waals surface area contributed by atoms with E-state index in [1.165, 1.54) is 11.1 Å². The van der Waals surface area contributed by atoms with Crippen LogP contribution in [0.3, 0.4) is 0 Å². The van der Waals surface area contributed by atoms with Gasteiger partial charge in [-0.25, -0.2) is 4.79 Å². The maximum absolute atomic E-state index is 12.2. The van der Waals surface area contributed by atoms with Gasteiger partial charge in [-0.2, -0.15) is 0 Å². The molecule has 0 spiro atoms. The molecule has 2 N–H and O–H groups in total. The molecule has 1 atom stereocenters. The lowest BCUT2D eigenvalue weighted by molar-refractivity contribution is 0.210. The van der Waals surface area contributed by atoms with Gasteiger partial charge < -0.3 is 20.4 Å². The maximum Gasteiger partial charge on any atom is 0.315 e. The normalized spacial score (nSPS) is 18.0. The number of hydrogen-bond donors (Lipinski definition) is 2. The van der Waals surface area contributed by atoms with Crippen LogP contribution in [0.1, 0.15) is 30.0 Å². The second-order valence-electron chi connectivity index (χ2n) is 6.82. The molecule has 1 aliphatic heterocycles. The van der Waals surface area contributed by atoms with E-state index in [-0.39, 0.29) is 12.1 Å². The third-order valence-corrected chi connectivity index (χ3v) is 4.60. The monoisotopic (exact) mass is 318 g/mol. The Labute approximate surface area is 140 Å². The average molecular weight is 318 g/mol. The summed E-state index contributed by atoms with van der Waals surface area (Å²) in [5, 5.41) is 6.13. The maximum atomic E-state index is 12.2. The lowest BCUT2D eigenvalue weighted by Gasteiger charge is -2.30. The number of urea groups is 1. The summed E-state index contributed by atoms with van der Waals surface area (Å²) in [6.45, 7) is 4.79. The Hall–Kier alpha value is -1.59. The van der Waals surface area contributed by atoms with Crippen LogP contribution < -0.4 is 10.6 Å². The Morgan fingerprint density at radius 3 is 2.43 bits per heavy atom. The van der Waals surface area contributed by atoms with Gasteiger partial charge >= 0.3 is 6.03 Å². The number of amides is 2. The lowest BCUT2D eigenvalue weighted by atomic mass is 10.0. The van der Waals surface area contributed by atoms with E-state index in [9.17, 15) is 4.79 Å². The molecule has 0 aromatic heterocycles. The van der Waals surface area contributed by atoms with Crippen molar-refractivity contribution >= 4 is 6.03 Å². The van der Waals surface area contributed by atoms with Crippen LogP contribution in [0.15, 0.2) is 24.3 Å². The summed E-state index contributed by atoms with van der Waals surface area (Å²) in [4.78, 5) is 16.6. The number of aryl methyl sites for hydroxylation is 1. The van der Waals surface area contributed by atoms with Crippen LogP contribution in [0, 0.1) is 6.92 Å². The molecular weight excluding hydrogens is 288 g/mol. The summed E-state index contributed by atoms with van der Waals surface area (Å²) in [5.74, 6) is 0. The Balaban J connectivity index is 1.84. The van der Waals surface area contributed by atoms with Crippen molar-refractivity contribution in [3.63, 3.8) is 0 Å². The number of carbonyl (C=O) groups is 1. The molecule has 1 heterocycles. The first-order valence-electron chi connectivity index (χ1n) is 8.41. The molecule has 5 nitrogen and oxygen atoms in total. The molecule has 128 valence electrons. The smallest absolute Gasteiger partial charge is 0.315 e. The van der Waals surface area contributed by atoms with Crippen molar-refractivity contribution in [3.05, 3.63) is 35.4 Å². The van der Waals surface area contributed by atoms with Crippen LogP contribution in [-0.4, -0.2) is 62.7 Å². The number of rotatable bonds is 5. The van der Waals surface area contributed by atoms with E-state index in [1.54, 1.807) is 0 Å². The highest BCUT2D eigenvalue weighted by atomic mass is 16.2. The highest BCUT2D eigenvalue weighted by molar-refractivity contribution is 5.74. The van der Waals surface area contributed by atoms with E-state index in [0.29, 0.717) is 12.6 Å². The number of likely N-dealkylation sites (N-methyl/N-ethyl adjacent to an activating group) is 1. The van der Waals surface area contributed by atoms with Gasteiger partial charge in [0.15, 0.2) is 0 Å². The van der Waals surface area contributed by atoms with Gasteiger partial charge in [0.05, 0.1) is 6.04 Å². The molecule has 1 fully saturated rings. The van der Waals surface area contributed by atoms with Gasteiger partial charge in [-0.3, -0.25) is 0 Å². The van der Waals surface area contributed by atoms with Crippen LogP contribution in [0.4, 0.5) is 4.79 Å². The zero-order valence-corrected chi connectivity index (χ0v) is 14.8. The molecule has 0 radical (unpaired) electrons. The van der Waals surface area contributed by atoms with Gasteiger partial charge in [-0.15, -0.1) is 0 Å². The van der Waals surface area contributed by atoms with Crippen molar-refractivity contribution in [1.82, 2.24) is 20.4 Å². The minimum absolute atomic E-state index is 0.0569. The van der Waals surface area contributed by atoms with Crippen molar-refractivity contribution in [2.24, 2.45) is 0 Å². The Bertz CT molecular complexity index is 492. The molecule has 0 aliphatic carbocycles. The van der Waals surface area contributed by atoms with Crippen molar-refractivity contribution < 1.29 is 4.79 Å². The van der Waals surface area contributed by atoms with Gasteiger partial charge in [0, 0.05) is 12.6 Å². The molecular formula is C18H30N4O. The highest BCUT2D eigenvalue weighted by Crippen LogP contribution is 2.18. The van der Waals surface area contributed by atoms with Crippen LogP contribution >= 0.6 is 0 Å². The highest BCUT2D eigenvalue weighted by Gasteiger charge is 2.19. The second kappa shape index (κ2) is 8.31. The molecule has 2 rings (SSSR count). The fourth-order valence-electron chi connectivity index (χ4n) is 2.97. The molecule has 0 bridgehead atoms. The van der Waals surface area contributed by atoms with Crippen LogP contribution in [0.5, 0.6) is 0 Å². The second-order valence-corrected chi connectivity index (χ2v) is 6.82. The van der Waals surface area contributed by atoms with Gasteiger partial charge in [0.1, 0.15) is 0 Å². The third-order valence-electron chi connectivity index (χ3n) is 4.60. The van der Waals surface area contributed by atoms with Crippen molar-refractivity contribution in [1.29, 1.82) is 0 Å². The van der Waals surface area contributed by atoms with Crippen molar-refractivity contribution in [2.75, 3.05) is 40.8 Å². The number of piperidine rings is 1. The van der Waals surface area contributed by atoms with E-state index < -0.39 is 0 Å². The standard InChI is InChI=1S/C18H30N4O/c1-14-5-7-15(8-6-14)17(21(2)3)13-19-18(23)20-16-9-11-22(4)12-10-16/h5-8,16-17H,9-13H2,1-4H3,(H2,19,20,23). The van der Waals surface area contributed by atoms with E-state index >= 15 is 0 Å². The molecule has 1 unspecified atom stereocenters. The minimum Gasteiger partial charge on any atom is -0.336 e. The van der Waals surface area contributed by atoms with Gasteiger partial charge in [-0.1, -0.05) is 29.8 Å². The van der Waals surface area contributed by atoms with Crippen LogP contribution in [0.2, 0.25) is 0 Å². The first-order chi connectivity index (χ1) is 11.0. The molecule has 1 saturated heterocycles. The molecule has 0 saturated carbocycles. The van der Waals surface area contributed by atoms with Crippen LogP contribution in [-0.2, 0) is 0 Å². The van der Waals surface area contributed by atoms with Crippen LogP contribution in [0.25, 0.3) is 0 Å². The van der Waals surface area contributed by atoms with Gasteiger partial charge in [-0.05, 0) is 59.6 Å². The number of hydrogen-bond acceptors (Lipinski definition) is 3. The molecule has 2 amide bonds. The Kier molecular flexibility index (Phi) is 6.42. The number of nitrogens with zero attached hydrogens (tertiary/aromatic N) is 2. The summed E-state index contributed by atoms with van der Waals surface area (Å²) in [6.07, 6.45) is 2.05. The summed E-state index contributed by atoms with van der Waals surface area (Å²) in [7, 11) is 6.21. The first-order valence-corrected chi connectivity index (χ1v) is 8.41. The predicted molar refractivity (Wildman–Crippen MR) is 94.7 cm³/mol. The molecule has 1 aromatic carbocycles. The fourth-order valence-corrected chi connectivity index (χ4v) is 2.97. The third kappa shape index (κ3) is 5.52. The topological polar surface area (TPSA) is 47.6 Å². The number of likely N-dealkylation sites (tertiary alicyclic amines) is 1. The summed E-state index contributed by atoms with van der Waals surface area (Å²) < 4.78 is 0. The molecule has 1 aromatic rings. The number of carbonyl (C=O) groups excluding carboxylic acids is 1. The first kappa shape index (κ1) is 17.8. The van der Waals surface area contributed by atoms with Gasteiger partial charge in [0.2, 0.25) is 0 Å². The zero-order chi connectivity index (χ0) is 16.8. The average Bonchev–Trinajstić information content (AvgIpc) is 2.51. The molecule has 1 aliphatic rings. The molecule has 23 heavy (non-hydrogen) atoms. The fraction of sp³-hybridized carbons (Fsp3) is 0.611. The van der Waals surface area contributed by atoms with Crippen molar-refractivity contribution in [3.8, 4) is 0 Å². The van der Waals surface area contributed by atoms with E-state index in [2.05, 4.69) is 58.7 Å².